The van der Waals surface area contributed by atoms with Gasteiger partial charge in [0.05, 0.1) is 0 Å². The molecule has 0 atom stereocenters. The van der Waals surface area contributed by atoms with Gasteiger partial charge in [0.15, 0.2) is 11.2 Å². The number of H-pyrrole nitrogens is 1. The third-order valence-electron chi connectivity index (χ3n) is 4.11. The highest BCUT2D eigenvalue weighted by molar-refractivity contribution is 5.71. The molecule has 1 saturated heterocycles. The highest BCUT2D eigenvalue weighted by atomic mass is 16.2. The summed E-state index contributed by atoms with van der Waals surface area (Å²) in [4.78, 5) is 30.9. The van der Waals surface area contributed by atoms with E-state index in [0.717, 1.165) is 36.4 Å². The fourth-order valence-electron chi connectivity index (χ4n) is 2.55. The first kappa shape index (κ1) is 14.5. The topological polar surface area (TPSA) is 101 Å². The van der Waals surface area contributed by atoms with Crippen LogP contribution in [0, 0.1) is 5.92 Å². The van der Waals surface area contributed by atoms with Crippen LogP contribution in [0.4, 0.5) is 5.95 Å². The summed E-state index contributed by atoms with van der Waals surface area (Å²) in [6.45, 7) is 3.96. The van der Waals surface area contributed by atoms with Crippen molar-refractivity contribution in [2.24, 2.45) is 30.4 Å². The van der Waals surface area contributed by atoms with Crippen LogP contribution in [-0.4, -0.2) is 37.2 Å². The number of aromatic nitrogens is 4. The first-order valence-corrected chi connectivity index (χ1v) is 7.29. The Morgan fingerprint density at radius 1 is 1.18 bits per heavy atom. The Kier molecular flexibility index (Phi) is 3.55. The minimum absolute atomic E-state index is 0.229. The molecule has 0 aromatic carbocycles. The SMILES string of the molecule is CC1CCN(/N=N/c2nc3c([nH]2)c(=O)n(C)c(=O)n3C)CC1. The third-order valence-corrected chi connectivity index (χ3v) is 4.11. The molecular formula is C13H19N7O2. The quantitative estimate of drug-likeness (QED) is 0.825. The van der Waals surface area contributed by atoms with E-state index in [-0.39, 0.29) is 17.1 Å². The van der Waals surface area contributed by atoms with Gasteiger partial charge in [-0.25, -0.2) is 4.79 Å². The average Bonchev–Trinajstić information content (AvgIpc) is 2.95. The molecule has 3 rings (SSSR count). The van der Waals surface area contributed by atoms with Crippen molar-refractivity contribution in [3.63, 3.8) is 0 Å². The Morgan fingerprint density at radius 2 is 1.86 bits per heavy atom. The molecule has 3 heterocycles. The van der Waals surface area contributed by atoms with Gasteiger partial charge in [-0.3, -0.25) is 18.9 Å². The molecule has 0 aliphatic carbocycles. The number of piperidine rings is 1. The molecule has 2 aromatic heterocycles. The summed E-state index contributed by atoms with van der Waals surface area (Å²) in [6, 6.07) is 0. The molecule has 9 heteroatoms. The highest BCUT2D eigenvalue weighted by Gasteiger charge is 2.15. The molecule has 1 aliphatic heterocycles. The maximum Gasteiger partial charge on any atom is 0.332 e. The van der Waals surface area contributed by atoms with E-state index in [1.54, 1.807) is 7.05 Å². The zero-order valence-electron chi connectivity index (χ0n) is 12.9. The lowest BCUT2D eigenvalue weighted by Gasteiger charge is -2.26. The van der Waals surface area contributed by atoms with Crippen molar-refractivity contribution in [1.29, 1.82) is 0 Å². The molecule has 0 saturated carbocycles. The standard InChI is InChI=1S/C13H19N7O2/c1-8-4-6-20(7-5-8)17-16-12-14-9-10(15-12)18(2)13(22)19(3)11(9)21/h8H,4-7H2,1-3H3,(H,14,15)/b17-16+. The second-order valence-corrected chi connectivity index (χ2v) is 5.79. The minimum Gasteiger partial charge on any atom is -0.315 e. The second kappa shape index (κ2) is 5.39. The number of nitrogens with one attached hydrogen (secondary N) is 1. The van der Waals surface area contributed by atoms with Gasteiger partial charge >= 0.3 is 5.69 Å². The molecule has 2 aromatic rings. The lowest BCUT2D eigenvalue weighted by atomic mass is 10.0. The molecule has 0 unspecified atom stereocenters. The summed E-state index contributed by atoms with van der Waals surface area (Å²) in [5.74, 6) is 0.946. The predicted molar refractivity (Wildman–Crippen MR) is 81.1 cm³/mol. The van der Waals surface area contributed by atoms with Crippen LogP contribution in [0.25, 0.3) is 11.2 Å². The van der Waals surface area contributed by atoms with E-state index in [9.17, 15) is 9.59 Å². The molecule has 0 radical (unpaired) electrons. The van der Waals surface area contributed by atoms with E-state index < -0.39 is 11.2 Å². The van der Waals surface area contributed by atoms with Gasteiger partial charge in [-0.15, -0.1) is 0 Å². The van der Waals surface area contributed by atoms with E-state index in [0.29, 0.717) is 0 Å². The van der Waals surface area contributed by atoms with Gasteiger partial charge in [0.25, 0.3) is 11.5 Å². The molecule has 0 bridgehead atoms. The van der Waals surface area contributed by atoms with Gasteiger partial charge in [0.2, 0.25) is 0 Å². The molecule has 22 heavy (non-hydrogen) atoms. The summed E-state index contributed by atoms with van der Waals surface area (Å²) in [5, 5.41) is 10.1. The maximum absolute atomic E-state index is 12.1. The summed E-state index contributed by atoms with van der Waals surface area (Å²) in [5.41, 5.74) is -0.295. The van der Waals surface area contributed by atoms with Gasteiger partial charge in [-0.05, 0) is 18.8 Å². The fraction of sp³-hybridized carbons (Fsp3) is 0.615. The zero-order valence-corrected chi connectivity index (χ0v) is 12.9. The van der Waals surface area contributed by atoms with Crippen LogP contribution in [0.1, 0.15) is 19.8 Å². The van der Waals surface area contributed by atoms with Crippen LogP contribution in [0.3, 0.4) is 0 Å². The normalized spacial score (nSPS) is 17.0. The monoisotopic (exact) mass is 305 g/mol. The molecule has 0 amide bonds. The van der Waals surface area contributed by atoms with Gasteiger partial charge < -0.3 is 4.98 Å². The molecule has 9 nitrogen and oxygen atoms in total. The number of nitrogens with zero attached hydrogens (tertiary/aromatic N) is 6. The molecule has 1 fully saturated rings. The lowest BCUT2D eigenvalue weighted by Crippen LogP contribution is -2.36. The lowest BCUT2D eigenvalue weighted by molar-refractivity contribution is 0.188. The van der Waals surface area contributed by atoms with Crippen LogP contribution in [0.15, 0.2) is 19.9 Å². The Hall–Kier alpha value is -2.45. The summed E-state index contributed by atoms with van der Waals surface area (Å²) < 4.78 is 2.35. The van der Waals surface area contributed by atoms with Crippen molar-refractivity contribution in [2.45, 2.75) is 19.8 Å². The van der Waals surface area contributed by atoms with Gasteiger partial charge in [-0.1, -0.05) is 17.3 Å². The van der Waals surface area contributed by atoms with Gasteiger partial charge in [0.1, 0.15) is 0 Å². The first-order chi connectivity index (χ1) is 10.5. The van der Waals surface area contributed by atoms with Gasteiger partial charge in [0, 0.05) is 27.2 Å². The smallest absolute Gasteiger partial charge is 0.315 e. The number of imidazole rings is 1. The van der Waals surface area contributed by atoms with Crippen molar-refractivity contribution >= 4 is 17.1 Å². The number of hydrogen-bond acceptors (Lipinski definition) is 5. The van der Waals surface area contributed by atoms with E-state index in [4.69, 9.17) is 0 Å². The Balaban J connectivity index is 1.93. The van der Waals surface area contributed by atoms with Crippen molar-refractivity contribution in [1.82, 2.24) is 24.1 Å². The van der Waals surface area contributed by atoms with Crippen LogP contribution >= 0.6 is 0 Å². The maximum atomic E-state index is 12.1. The summed E-state index contributed by atoms with van der Waals surface area (Å²) >= 11 is 0. The van der Waals surface area contributed by atoms with Gasteiger partial charge in [-0.2, -0.15) is 4.98 Å². The second-order valence-electron chi connectivity index (χ2n) is 5.79. The molecule has 0 spiro atoms. The minimum atomic E-state index is -0.419. The van der Waals surface area contributed by atoms with Crippen molar-refractivity contribution in [3.8, 4) is 0 Å². The Morgan fingerprint density at radius 3 is 2.55 bits per heavy atom. The molecule has 1 N–H and O–H groups in total. The molecular weight excluding hydrogens is 286 g/mol. The molecule has 118 valence electrons. The summed E-state index contributed by atoms with van der Waals surface area (Å²) in [6.07, 6.45) is 2.18. The summed E-state index contributed by atoms with van der Waals surface area (Å²) in [7, 11) is 3.00. The predicted octanol–water partition coefficient (Wildman–Crippen LogP) is 0.691. The van der Waals surface area contributed by atoms with Crippen LogP contribution in [0.2, 0.25) is 0 Å². The first-order valence-electron chi connectivity index (χ1n) is 7.29. The van der Waals surface area contributed by atoms with Crippen LogP contribution < -0.4 is 11.2 Å². The third kappa shape index (κ3) is 2.42. The largest absolute Gasteiger partial charge is 0.332 e. The number of aryl methyl sites for hydroxylation is 1. The van der Waals surface area contributed by atoms with E-state index in [1.807, 2.05) is 5.01 Å². The number of rotatable bonds is 2. The average molecular weight is 305 g/mol. The van der Waals surface area contributed by atoms with Crippen LogP contribution in [-0.2, 0) is 14.1 Å². The number of fused-ring (bicyclic) bond motifs is 1. The van der Waals surface area contributed by atoms with Crippen molar-refractivity contribution in [3.05, 3.63) is 20.8 Å². The van der Waals surface area contributed by atoms with E-state index in [2.05, 4.69) is 27.2 Å². The number of hydrogen-bond donors (Lipinski definition) is 1. The Bertz CT molecular complexity index is 836. The zero-order chi connectivity index (χ0) is 15.9. The van der Waals surface area contributed by atoms with Crippen molar-refractivity contribution in [2.75, 3.05) is 13.1 Å². The fourth-order valence-corrected chi connectivity index (χ4v) is 2.55. The van der Waals surface area contributed by atoms with E-state index >= 15 is 0 Å². The highest BCUT2D eigenvalue weighted by Crippen LogP contribution is 2.18. The number of aromatic amines is 1. The van der Waals surface area contributed by atoms with Crippen molar-refractivity contribution < 1.29 is 0 Å². The van der Waals surface area contributed by atoms with Crippen LogP contribution in [0.5, 0.6) is 0 Å². The molecule has 1 aliphatic rings. The van der Waals surface area contributed by atoms with E-state index in [1.165, 1.54) is 11.6 Å². The Labute approximate surface area is 126 Å².